The summed E-state index contributed by atoms with van der Waals surface area (Å²) in [5.74, 6) is -0.934. The van der Waals surface area contributed by atoms with Gasteiger partial charge in [-0.2, -0.15) is 15.0 Å². The van der Waals surface area contributed by atoms with Crippen molar-refractivity contribution in [3.8, 4) is 5.95 Å². The molecule has 0 amide bonds. The molecule has 7 rings (SSSR count). The monoisotopic (exact) mass is 798 g/mol. The van der Waals surface area contributed by atoms with Gasteiger partial charge < -0.3 is 19.3 Å². The van der Waals surface area contributed by atoms with Gasteiger partial charge in [-0.1, -0.05) is 18.2 Å². The molecule has 15 heteroatoms. The van der Waals surface area contributed by atoms with Crippen molar-refractivity contribution in [1.82, 2.24) is 29.4 Å². The number of benzene rings is 3. The van der Waals surface area contributed by atoms with Gasteiger partial charge in [0.15, 0.2) is 17.4 Å². The number of Topliss-reactive ketones (excluding diaryl/α,β-unsaturated/α-hetero) is 1. The average molecular weight is 799 g/mol. The van der Waals surface area contributed by atoms with E-state index < -0.39 is 23.2 Å². The summed E-state index contributed by atoms with van der Waals surface area (Å²) in [4.78, 5) is 38.8. The Morgan fingerprint density at radius 2 is 1.54 bits per heavy atom. The molecule has 2 aromatic heterocycles. The smallest absolute Gasteiger partial charge is 0.242 e. The number of para-hydroxylation sites is 2. The van der Waals surface area contributed by atoms with E-state index in [1.165, 1.54) is 18.2 Å². The maximum Gasteiger partial charge on any atom is 0.242 e. The van der Waals surface area contributed by atoms with Crippen molar-refractivity contribution in [2.75, 3.05) is 75.6 Å². The Balaban J connectivity index is 1.02. The number of carbonyl (C=O) groups is 1. The van der Waals surface area contributed by atoms with Crippen LogP contribution in [0.5, 0.6) is 0 Å². The van der Waals surface area contributed by atoms with E-state index in [4.69, 9.17) is 29.4 Å². The minimum atomic E-state index is -1.17. The average Bonchev–Trinajstić information content (AvgIpc) is 3.47. The van der Waals surface area contributed by atoms with Gasteiger partial charge in [0.05, 0.1) is 31.0 Å². The van der Waals surface area contributed by atoms with Crippen molar-refractivity contribution >= 4 is 51.3 Å². The highest BCUT2D eigenvalue weighted by Crippen LogP contribution is 2.25. The minimum absolute atomic E-state index is 0.0331. The van der Waals surface area contributed by atoms with E-state index in [2.05, 4.69) is 14.7 Å². The first-order chi connectivity index (χ1) is 24.2. The maximum absolute atomic E-state index is 14.9. The van der Waals surface area contributed by atoms with Gasteiger partial charge in [-0.15, -0.1) is 0 Å². The molecule has 2 saturated heterocycles. The predicted molar refractivity (Wildman–Crippen MR) is 189 cm³/mol. The van der Waals surface area contributed by atoms with Crippen molar-refractivity contribution in [2.45, 2.75) is 13.3 Å². The molecule has 0 bridgehead atoms. The molecule has 2 aliphatic heterocycles. The molecule has 5 aromatic rings. The second-order valence-corrected chi connectivity index (χ2v) is 13.4. The number of aryl methyl sites for hydroxylation is 1. The van der Waals surface area contributed by atoms with Crippen molar-refractivity contribution in [2.24, 2.45) is 0 Å². The van der Waals surface area contributed by atoms with E-state index in [9.17, 15) is 18.0 Å². The Hall–Kier alpha value is -4.19. The number of nitrogens with zero attached hydrogens (tertiary/aromatic N) is 8. The van der Waals surface area contributed by atoms with Gasteiger partial charge in [-0.25, -0.2) is 18.2 Å². The van der Waals surface area contributed by atoms with Crippen molar-refractivity contribution in [3.05, 3.63) is 98.1 Å². The molecule has 0 radical (unpaired) electrons. The van der Waals surface area contributed by atoms with Crippen LogP contribution in [0.3, 0.4) is 0 Å². The third-order valence-electron chi connectivity index (χ3n) is 8.86. The molecule has 2 aliphatic rings. The van der Waals surface area contributed by atoms with Crippen LogP contribution in [0.15, 0.2) is 54.6 Å². The van der Waals surface area contributed by atoms with Gasteiger partial charge in [0.25, 0.3) is 0 Å². The van der Waals surface area contributed by atoms with Crippen LogP contribution >= 0.6 is 22.6 Å². The molecule has 260 valence electrons. The molecule has 3 aromatic carbocycles. The van der Waals surface area contributed by atoms with E-state index in [1.54, 1.807) is 6.07 Å². The summed E-state index contributed by atoms with van der Waals surface area (Å²) < 4.78 is 57.6. The van der Waals surface area contributed by atoms with Crippen LogP contribution in [0, 0.1) is 27.9 Å². The van der Waals surface area contributed by atoms with Gasteiger partial charge >= 0.3 is 0 Å². The van der Waals surface area contributed by atoms with Crippen molar-refractivity contribution in [3.63, 3.8) is 0 Å². The van der Waals surface area contributed by atoms with Gasteiger partial charge in [-0.05, 0) is 71.5 Å². The summed E-state index contributed by atoms with van der Waals surface area (Å²) in [6, 6.07) is 14.5. The molecule has 2 fully saturated rings. The summed E-state index contributed by atoms with van der Waals surface area (Å²) in [5, 5.41) is 0. The Bertz CT molecular complexity index is 2030. The summed E-state index contributed by atoms with van der Waals surface area (Å²) in [7, 11) is 0. The second kappa shape index (κ2) is 15.0. The first kappa shape index (κ1) is 34.3. The highest BCUT2D eigenvalue weighted by Gasteiger charge is 2.25. The zero-order chi connectivity index (χ0) is 34.8. The van der Waals surface area contributed by atoms with Gasteiger partial charge in [-0.3, -0.25) is 14.3 Å². The number of hydrogen-bond acceptors (Lipinski definition) is 10. The zero-order valence-electron chi connectivity index (χ0n) is 27.3. The molecule has 4 heterocycles. The quantitative estimate of drug-likeness (QED) is 0.143. The number of piperazine rings is 1. The maximum atomic E-state index is 14.9. The third kappa shape index (κ3) is 7.31. The Morgan fingerprint density at radius 1 is 0.840 bits per heavy atom. The van der Waals surface area contributed by atoms with E-state index >= 15 is 0 Å². The SMILES string of the molecule is Cc1nc2ccccc2n1-c1nc(N2CCOCC2)nc(N2CCN(COCC(=O)c3ccc(F)c(F)c3Cc3ccc(I)cc3F)CC2)n1. The number of morpholine rings is 1. The number of anilines is 2. The lowest BCUT2D eigenvalue weighted by Gasteiger charge is -2.35. The molecular weight excluding hydrogens is 764 g/mol. The fourth-order valence-corrected chi connectivity index (χ4v) is 6.65. The second-order valence-electron chi connectivity index (χ2n) is 12.1. The lowest BCUT2D eigenvalue weighted by atomic mass is 9.96. The number of ether oxygens (including phenoxy) is 2. The predicted octanol–water partition coefficient (Wildman–Crippen LogP) is 4.95. The number of imidazole rings is 1. The Labute approximate surface area is 300 Å². The van der Waals surface area contributed by atoms with Crippen molar-refractivity contribution < 1.29 is 27.4 Å². The van der Waals surface area contributed by atoms with Crippen LogP contribution in [0.1, 0.15) is 27.3 Å². The Morgan fingerprint density at radius 3 is 2.28 bits per heavy atom. The number of fused-ring (bicyclic) bond motifs is 1. The fraction of sp³-hybridized carbons (Fsp3) is 0.343. The van der Waals surface area contributed by atoms with Crippen LogP contribution in [-0.2, 0) is 15.9 Å². The largest absolute Gasteiger partial charge is 0.378 e. The molecule has 0 spiro atoms. The van der Waals surface area contributed by atoms with Crippen molar-refractivity contribution in [1.29, 1.82) is 0 Å². The molecule has 0 aliphatic carbocycles. The molecule has 11 nitrogen and oxygen atoms in total. The summed E-state index contributed by atoms with van der Waals surface area (Å²) >= 11 is 1.97. The summed E-state index contributed by atoms with van der Waals surface area (Å²) in [5.41, 5.74) is 1.70. The third-order valence-corrected chi connectivity index (χ3v) is 9.53. The van der Waals surface area contributed by atoms with E-state index in [-0.39, 0.29) is 36.4 Å². The molecule has 0 saturated carbocycles. The lowest BCUT2D eigenvalue weighted by molar-refractivity contribution is 0.0262. The molecule has 0 N–H and O–H groups in total. The molecular formula is C35H34F3IN8O3. The van der Waals surface area contributed by atoms with E-state index in [0.717, 1.165) is 22.9 Å². The summed E-state index contributed by atoms with van der Waals surface area (Å²) in [6.45, 7) is 6.69. The van der Waals surface area contributed by atoms with Gasteiger partial charge in [0, 0.05) is 60.4 Å². The normalized spacial score (nSPS) is 15.6. The number of carbonyl (C=O) groups excluding carboxylic acids is 1. The minimum Gasteiger partial charge on any atom is -0.378 e. The molecule has 0 atom stereocenters. The first-order valence-electron chi connectivity index (χ1n) is 16.3. The van der Waals surface area contributed by atoms with E-state index in [0.29, 0.717) is 73.9 Å². The van der Waals surface area contributed by atoms with Crippen LogP contribution in [0.4, 0.5) is 25.1 Å². The first-order valence-corrected chi connectivity index (χ1v) is 17.4. The fourth-order valence-electron chi connectivity index (χ4n) is 6.19. The van der Waals surface area contributed by atoms with Gasteiger partial charge in [0.2, 0.25) is 17.8 Å². The standard InChI is InChI=1S/C35H34F3IN8O3/c1-22-40-29-4-2-3-5-30(29)47(22)35-42-33(41-34(43-35)46-14-16-49-17-15-46)45-12-10-44(11-13-45)21-50-20-31(48)25-8-9-27(36)32(38)26(25)18-23-6-7-24(39)19-28(23)37/h2-9,19H,10-18,20-21H2,1H3. The Kier molecular flexibility index (Phi) is 10.3. The summed E-state index contributed by atoms with van der Waals surface area (Å²) in [6.07, 6.45) is -0.266. The van der Waals surface area contributed by atoms with Crippen LogP contribution in [0.2, 0.25) is 0 Å². The van der Waals surface area contributed by atoms with Crippen LogP contribution < -0.4 is 9.80 Å². The lowest BCUT2D eigenvalue weighted by Crippen LogP contribution is -2.48. The molecule has 0 unspecified atom stereocenters. The highest BCUT2D eigenvalue weighted by atomic mass is 127. The van der Waals surface area contributed by atoms with Crippen LogP contribution in [-0.4, -0.2) is 101 Å². The number of hydrogen-bond donors (Lipinski definition) is 0. The zero-order valence-corrected chi connectivity index (χ0v) is 29.4. The number of aromatic nitrogens is 5. The topological polar surface area (TPSA) is 102 Å². The van der Waals surface area contributed by atoms with Crippen LogP contribution in [0.25, 0.3) is 17.0 Å². The number of ketones is 1. The van der Waals surface area contributed by atoms with E-state index in [1.807, 2.05) is 58.3 Å². The number of halogens is 4. The molecule has 50 heavy (non-hydrogen) atoms. The van der Waals surface area contributed by atoms with Gasteiger partial charge in [0.1, 0.15) is 18.2 Å². The highest BCUT2D eigenvalue weighted by molar-refractivity contribution is 14.1. The number of rotatable bonds is 10.